The molecule has 0 bridgehead atoms. The lowest BCUT2D eigenvalue weighted by atomic mass is 10.1. The second-order valence-electron chi connectivity index (χ2n) is 4.61. The molecule has 1 aliphatic rings. The monoisotopic (exact) mass is 272 g/mol. The lowest BCUT2D eigenvalue weighted by molar-refractivity contribution is -0.125. The highest BCUT2D eigenvalue weighted by Gasteiger charge is 2.28. The van der Waals surface area contributed by atoms with Gasteiger partial charge in [-0.2, -0.15) is 0 Å². The molecule has 17 heavy (non-hydrogen) atoms. The fourth-order valence-corrected chi connectivity index (χ4v) is 3.19. The van der Waals surface area contributed by atoms with E-state index in [1.807, 2.05) is 19.2 Å². The smallest absolute Gasteiger partial charge is 0.156 e. The van der Waals surface area contributed by atoms with Crippen LogP contribution in [0.5, 0.6) is 0 Å². The van der Waals surface area contributed by atoms with Gasteiger partial charge in [0.1, 0.15) is 0 Å². The molecule has 0 aromatic carbocycles. The van der Waals surface area contributed by atoms with E-state index in [1.54, 1.807) is 0 Å². The minimum absolute atomic E-state index is 0.0228. The molecule has 1 unspecified atom stereocenters. The van der Waals surface area contributed by atoms with Gasteiger partial charge in [0.25, 0.3) is 0 Å². The van der Waals surface area contributed by atoms with Crippen molar-refractivity contribution in [1.82, 2.24) is 9.80 Å². The average Bonchev–Trinajstić information content (AvgIpc) is 2.67. The van der Waals surface area contributed by atoms with Crippen LogP contribution in [0.15, 0.2) is 12.1 Å². The number of rotatable bonds is 3. The first-order valence-corrected chi connectivity index (χ1v) is 6.91. The first-order chi connectivity index (χ1) is 8.06. The van der Waals surface area contributed by atoms with Gasteiger partial charge in [0, 0.05) is 30.9 Å². The van der Waals surface area contributed by atoms with Gasteiger partial charge in [0.05, 0.1) is 10.4 Å². The fraction of sp³-hybridized carbons (Fsp3) is 0.583. The van der Waals surface area contributed by atoms with Crippen molar-refractivity contribution < 1.29 is 4.79 Å². The summed E-state index contributed by atoms with van der Waals surface area (Å²) in [4.78, 5) is 17.6. The Kier molecular flexibility index (Phi) is 4.20. The molecule has 0 radical (unpaired) electrons. The van der Waals surface area contributed by atoms with E-state index in [0.717, 1.165) is 28.8 Å². The Bertz CT molecular complexity index is 407. The third-order valence-corrected chi connectivity index (χ3v) is 4.43. The van der Waals surface area contributed by atoms with E-state index in [0.29, 0.717) is 6.42 Å². The molecule has 2 heterocycles. The van der Waals surface area contributed by atoms with Gasteiger partial charge in [-0.05, 0) is 26.2 Å². The van der Waals surface area contributed by atoms with Crippen LogP contribution in [0.25, 0.3) is 0 Å². The van der Waals surface area contributed by atoms with Gasteiger partial charge in [-0.25, -0.2) is 0 Å². The number of ketones is 1. The second kappa shape index (κ2) is 5.48. The van der Waals surface area contributed by atoms with Crippen LogP contribution in [0.3, 0.4) is 0 Å². The summed E-state index contributed by atoms with van der Waals surface area (Å²) in [6.07, 6.45) is 0.500. The van der Waals surface area contributed by atoms with Crippen molar-refractivity contribution in [2.45, 2.75) is 12.5 Å². The first-order valence-electron chi connectivity index (χ1n) is 5.72. The minimum atomic E-state index is 0.0228. The lowest BCUT2D eigenvalue weighted by Gasteiger charge is -2.36. The third kappa shape index (κ3) is 3.28. The van der Waals surface area contributed by atoms with Crippen LogP contribution in [-0.4, -0.2) is 55.4 Å². The third-order valence-electron chi connectivity index (χ3n) is 3.20. The summed E-state index contributed by atoms with van der Waals surface area (Å²) in [5, 5.41) is 0. The Balaban J connectivity index is 1.99. The zero-order valence-electron chi connectivity index (χ0n) is 10.1. The molecule has 0 spiro atoms. The minimum Gasteiger partial charge on any atom is -0.303 e. The van der Waals surface area contributed by atoms with Gasteiger partial charge in [-0.1, -0.05) is 11.6 Å². The average molecular weight is 273 g/mol. The molecule has 0 saturated carbocycles. The number of Topliss-reactive ketones (excluding diaryl/α,β-unsaturated/α-hetero) is 1. The highest BCUT2D eigenvalue weighted by atomic mass is 35.5. The number of likely N-dealkylation sites (N-methyl/N-ethyl adjacent to an activating group) is 2. The molecule has 1 aliphatic heterocycles. The largest absolute Gasteiger partial charge is 0.303 e. The van der Waals surface area contributed by atoms with Crippen molar-refractivity contribution in [2.75, 3.05) is 33.7 Å². The molecule has 0 aliphatic carbocycles. The normalized spacial score (nSPS) is 22.9. The maximum absolute atomic E-state index is 12.2. The topological polar surface area (TPSA) is 23.6 Å². The second-order valence-corrected chi connectivity index (χ2v) is 6.41. The number of nitrogens with zero attached hydrogens (tertiary/aromatic N) is 2. The quantitative estimate of drug-likeness (QED) is 0.838. The van der Waals surface area contributed by atoms with Gasteiger partial charge in [-0.15, -0.1) is 11.3 Å². The van der Waals surface area contributed by atoms with E-state index in [9.17, 15) is 4.79 Å². The number of carbonyl (C=O) groups excluding carboxylic acids is 1. The van der Waals surface area contributed by atoms with Crippen molar-refractivity contribution in [3.63, 3.8) is 0 Å². The Hall–Kier alpha value is -0.420. The predicted octanol–water partition coefficient (Wildman–Crippen LogP) is 1.76. The van der Waals surface area contributed by atoms with Crippen molar-refractivity contribution in [1.29, 1.82) is 0 Å². The first kappa shape index (κ1) is 13.0. The Morgan fingerprint density at radius 1 is 1.47 bits per heavy atom. The predicted molar refractivity (Wildman–Crippen MR) is 72.0 cm³/mol. The molecule has 1 aromatic rings. The Morgan fingerprint density at radius 2 is 2.24 bits per heavy atom. The van der Waals surface area contributed by atoms with Crippen LogP contribution in [-0.2, 0) is 11.2 Å². The molecule has 1 saturated heterocycles. The maximum Gasteiger partial charge on any atom is 0.156 e. The van der Waals surface area contributed by atoms with Gasteiger partial charge in [-0.3, -0.25) is 9.69 Å². The molecular weight excluding hydrogens is 256 g/mol. The highest BCUT2D eigenvalue weighted by Crippen LogP contribution is 2.22. The van der Waals surface area contributed by atoms with E-state index in [1.165, 1.54) is 11.3 Å². The number of piperazine rings is 1. The maximum atomic E-state index is 12.2. The van der Waals surface area contributed by atoms with Crippen LogP contribution in [0, 0.1) is 0 Å². The van der Waals surface area contributed by atoms with Gasteiger partial charge >= 0.3 is 0 Å². The SMILES string of the molecule is CN1CCN(C)C(C(=O)Cc2ccc(Cl)s2)C1. The standard InChI is InChI=1S/C12H17ClN2OS/c1-14-5-6-15(2)10(8-14)11(16)7-9-3-4-12(13)17-9/h3-4,10H,5-8H2,1-2H3. The van der Waals surface area contributed by atoms with Crippen LogP contribution in [0.2, 0.25) is 4.34 Å². The van der Waals surface area contributed by atoms with Crippen molar-refractivity contribution in [2.24, 2.45) is 0 Å². The molecule has 1 aromatic heterocycles. The molecule has 0 amide bonds. The summed E-state index contributed by atoms with van der Waals surface area (Å²) >= 11 is 7.36. The number of halogens is 1. The lowest BCUT2D eigenvalue weighted by Crippen LogP contribution is -2.53. The molecule has 3 nitrogen and oxygen atoms in total. The van der Waals surface area contributed by atoms with Gasteiger partial charge in [0.15, 0.2) is 5.78 Å². The zero-order valence-corrected chi connectivity index (χ0v) is 11.7. The van der Waals surface area contributed by atoms with Gasteiger partial charge in [0.2, 0.25) is 0 Å². The number of carbonyl (C=O) groups is 1. The summed E-state index contributed by atoms with van der Waals surface area (Å²) in [5.41, 5.74) is 0. The van der Waals surface area contributed by atoms with Crippen LogP contribution in [0.1, 0.15) is 4.88 Å². The summed E-state index contributed by atoms with van der Waals surface area (Å²) in [7, 11) is 4.09. The summed E-state index contributed by atoms with van der Waals surface area (Å²) in [6.45, 7) is 2.82. The molecule has 2 rings (SSSR count). The van der Waals surface area contributed by atoms with Crippen LogP contribution >= 0.6 is 22.9 Å². The van der Waals surface area contributed by atoms with Crippen LogP contribution in [0.4, 0.5) is 0 Å². The van der Waals surface area contributed by atoms with Crippen LogP contribution < -0.4 is 0 Å². The summed E-state index contributed by atoms with van der Waals surface area (Å²) in [5.74, 6) is 0.289. The number of hydrogen-bond donors (Lipinski definition) is 0. The Morgan fingerprint density at radius 3 is 2.88 bits per heavy atom. The van der Waals surface area contributed by atoms with Crippen molar-refractivity contribution in [3.8, 4) is 0 Å². The molecule has 1 atom stereocenters. The van der Waals surface area contributed by atoms with Crippen molar-refractivity contribution >= 4 is 28.7 Å². The number of hydrogen-bond acceptors (Lipinski definition) is 4. The molecule has 5 heteroatoms. The molecular formula is C12H17ClN2OS. The zero-order chi connectivity index (χ0) is 12.4. The highest BCUT2D eigenvalue weighted by molar-refractivity contribution is 7.16. The molecule has 1 fully saturated rings. The number of thiophene rings is 1. The van der Waals surface area contributed by atoms with E-state index in [4.69, 9.17) is 11.6 Å². The van der Waals surface area contributed by atoms with Gasteiger partial charge < -0.3 is 4.90 Å². The van der Waals surface area contributed by atoms with E-state index >= 15 is 0 Å². The van der Waals surface area contributed by atoms with Crippen molar-refractivity contribution in [3.05, 3.63) is 21.3 Å². The molecule has 94 valence electrons. The summed E-state index contributed by atoms with van der Waals surface area (Å²) in [6, 6.07) is 3.82. The summed E-state index contributed by atoms with van der Waals surface area (Å²) < 4.78 is 0.752. The Labute approximate surface area is 111 Å². The molecule has 0 N–H and O–H groups in total. The van der Waals surface area contributed by atoms with E-state index < -0.39 is 0 Å². The fourth-order valence-electron chi connectivity index (χ4n) is 2.09. The van der Waals surface area contributed by atoms with E-state index in [2.05, 4.69) is 16.8 Å². The van der Waals surface area contributed by atoms with E-state index in [-0.39, 0.29) is 11.8 Å².